The van der Waals surface area contributed by atoms with Crippen LogP contribution in [0.4, 0.5) is 5.69 Å². The number of carbonyl (C=O) groups is 2. The lowest BCUT2D eigenvalue weighted by molar-refractivity contribution is -0.126. The van der Waals surface area contributed by atoms with Crippen LogP contribution in [0.2, 0.25) is 0 Å². The van der Waals surface area contributed by atoms with Crippen LogP contribution in [0.15, 0.2) is 47.4 Å². The van der Waals surface area contributed by atoms with E-state index in [2.05, 4.69) is 17.4 Å². The SMILES string of the molecule is CC(NC(=O)C1CC(=O)N(c2ccc3c(c2)CCC3)C1)c1cccc(S(N)(=O)=O)c1. The number of nitrogens with zero attached hydrogens (tertiary/aromatic N) is 1. The highest BCUT2D eigenvalue weighted by molar-refractivity contribution is 7.89. The van der Waals surface area contributed by atoms with E-state index in [9.17, 15) is 18.0 Å². The Kier molecular flexibility index (Phi) is 5.38. The number of primary sulfonamides is 1. The highest BCUT2D eigenvalue weighted by atomic mass is 32.2. The van der Waals surface area contributed by atoms with Crippen molar-refractivity contribution in [3.63, 3.8) is 0 Å². The highest BCUT2D eigenvalue weighted by Crippen LogP contribution is 2.31. The molecule has 30 heavy (non-hydrogen) atoms. The molecule has 1 aliphatic heterocycles. The zero-order valence-electron chi connectivity index (χ0n) is 16.8. The van der Waals surface area contributed by atoms with Crippen molar-refractivity contribution in [1.82, 2.24) is 5.32 Å². The monoisotopic (exact) mass is 427 g/mol. The summed E-state index contributed by atoms with van der Waals surface area (Å²) < 4.78 is 23.1. The van der Waals surface area contributed by atoms with Crippen molar-refractivity contribution in [3.8, 4) is 0 Å². The molecule has 0 radical (unpaired) electrons. The number of hydrogen-bond acceptors (Lipinski definition) is 4. The van der Waals surface area contributed by atoms with Crippen LogP contribution >= 0.6 is 0 Å². The average Bonchev–Trinajstić information content (AvgIpc) is 3.33. The van der Waals surface area contributed by atoms with Crippen LogP contribution in [0.25, 0.3) is 0 Å². The molecule has 158 valence electrons. The number of hydrogen-bond donors (Lipinski definition) is 2. The minimum Gasteiger partial charge on any atom is -0.349 e. The maximum atomic E-state index is 12.8. The molecule has 1 aliphatic carbocycles. The molecule has 2 unspecified atom stereocenters. The number of carbonyl (C=O) groups excluding carboxylic acids is 2. The minimum absolute atomic E-state index is 0.0000668. The molecule has 2 aromatic rings. The number of nitrogens with one attached hydrogen (secondary N) is 1. The van der Waals surface area contributed by atoms with Gasteiger partial charge in [0, 0.05) is 18.7 Å². The minimum atomic E-state index is -3.82. The molecule has 3 N–H and O–H groups in total. The molecule has 0 aromatic heterocycles. The second-order valence-electron chi connectivity index (χ2n) is 8.06. The largest absolute Gasteiger partial charge is 0.349 e. The van der Waals surface area contributed by atoms with Crippen LogP contribution in [0, 0.1) is 5.92 Å². The van der Waals surface area contributed by atoms with Gasteiger partial charge in [-0.15, -0.1) is 0 Å². The number of nitrogens with two attached hydrogens (primary N) is 1. The Morgan fingerprint density at radius 1 is 1.17 bits per heavy atom. The van der Waals surface area contributed by atoms with Gasteiger partial charge in [-0.3, -0.25) is 9.59 Å². The summed E-state index contributed by atoms with van der Waals surface area (Å²) in [6.45, 7) is 2.11. The molecule has 4 rings (SSSR count). The number of sulfonamides is 1. The molecule has 2 amide bonds. The molecule has 1 saturated heterocycles. The fourth-order valence-electron chi connectivity index (χ4n) is 4.23. The predicted molar refractivity (Wildman–Crippen MR) is 113 cm³/mol. The molecule has 2 atom stereocenters. The molecule has 1 fully saturated rings. The van der Waals surface area contributed by atoms with Crippen LogP contribution in [0.3, 0.4) is 0 Å². The lowest BCUT2D eigenvalue weighted by Crippen LogP contribution is -2.34. The summed E-state index contributed by atoms with van der Waals surface area (Å²) in [7, 11) is -3.82. The van der Waals surface area contributed by atoms with Crippen molar-refractivity contribution >= 4 is 27.5 Å². The second-order valence-corrected chi connectivity index (χ2v) is 9.62. The zero-order chi connectivity index (χ0) is 21.5. The molecule has 0 bridgehead atoms. The topological polar surface area (TPSA) is 110 Å². The Labute approximate surface area is 176 Å². The van der Waals surface area contributed by atoms with Crippen LogP contribution in [-0.2, 0) is 32.5 Å². The van der Waals surface area contributed by atoms with Gasteiger partial charge in [-0.1, -0.05) is 18.2 Å². The van der Waals surface area contributed by atoms with Gasteiger partial charge in [0.05, 0.1) is 16.9 Å². The molecule has 8 heteroatoms. The van der Waals surface area contributed by atoms with Gasteiger partial charge in [0.15, 0.2) is 0 Å². The van der Waals surface area contributed by atoms with Crippen molar-refractivity contribution in [1.29, 1.82) is 0 Å². The van der Waals surface area contributed by atoms with Gasteiger partial charge in [-0.25, -0.2) is 13.6 Å². The Morgan fingerprint density at radius 2 is 1.93 bits per heavy atom. The summed E-state index contributed by atoms with van der Waals surface area (Å²) in [5, 5.41) is 8.09. The number of anilines is 1. The number of fused-ring (bicyclic) bond motifs is 1. The van der Waals surface area contributed by atoms with Crippen LogP contribution < -0.4 is 15.4 Å². The summed E-state index contributed by atoms with van der Waals surface area (Å²) in [5.41, 5.74) is 4.12. The van der Waals surface area contributed by atoms with Crippen molar-refractivity contribution in [2.24, 2.45) is 11.1 Å². The molecule has 0 spiro atoms. The fraction of sp³-hybridized carbons (Fsp3) is 0.364. The van der Waals surface area contributed by atoms with Gasteiger partial charge in [-0.2, -0.15) is 0 Å². The highest BCUT2D eigenvalue weighted by Gasteiger charge is 2.36. The molecular weight excluding hydrogens is 402 g/mol. The Balaban J connectivity index is 1.44. The third-order valence-corrected chi connectivity index (χ3v) is 6.85. The van der Waals surface area contributed by atoms with Gasteiger partial charge < -0.3 is 10.2 Å². The molecule has 0 saturated carbocycles. The van der Waals surface area contributed by atoms with E-state index in [1.165, 1.54) is 23.3 Å². The number of aryl methyl sites for hydroxylation is 2. The van der Waals surface area contributed by atoms with Crippen molar-refractivity contribution in [2.45, 2.75) is 43.5 Å². The third-order valence-electron chi connectivity index (χ3n) is 5.93. The van der Waals surface area contributed by atoms with Crippen LogP contribution in [-0.4, -0.2) is 26.8 Å². The van der Waals surface area contributed by atoms with E-state index in [-0.39, 0.29) is 23.1 Å². The van der Waals surface area contributed by atoms with E-state index in [1.807, 2.05) is 6.07 Å². The first-order valence-corrected chi connectivity index (χ1v) is 11.6. The molecule has 7 nitrogen and oxygen atoms in total. The molecule has 2 aromatic carbocycles. The van der Waals surface area contributed by atoms with E-state index in [0.29, 0.717) is 12.1 Å². The van der Waals surface area contributed by atoms with Crippen molar-refractivity contribution < 1.29 is 18.0 Å². The first-order valence-electron chi connectivity index (χ1n) is 10.1. The Morgan fingerprint density at radius 3 is 2.70 bits per heavy atom. The first-order chi connectivity index (χ1) is 14.2. The summed E-state index contributed by atoms with van der Waals surface area (Å²) in [4.78, 5) is 27.0. The third kappa shape index (κ3) is 4.11. The predicted octanol–water partition coefficient (Wildman–Crippen LogP) is 2.05. The smallest absolute Gasteiger partial charge is 0.238 e. The number of benzene rings is 2. The standard InChI is InChI=1S/C22H25N3O4S/c1-14(16-5-3-7-20(11-16)30(23,28)29)24-22(27)18-12-21(26)25(13-18)19-9-8-15-4-2-6-17(15)10-19/h3,5,7-11,14,18H,2,4,6,12-13H2,1H3,(H,24,27)(H2,23,28,29). The fourth-order valence-corrected chi connectivity index (χ4v) is 4.80. The van der Waals surface area contributed by atoms with Gasteiger partial charge in [-0.05, 0) is 67.1 Å². The van der Waals surface area contributed by atoms with E-state index in [0.717, 1.165) is 24.9 Å². The molecular formula is C22H25N3O4S. The van der Waals surface area contributed by atoms with Gasteiger partial charge in [0.25, 0.3) is 0 Å². The lowest BCUT2D eigenvalue weighted by Gasteiger charge is -2.19. The molecule has 1 heterocycles. The number of amides is 2. The van der Waals surface area contributed by atoms with E-state index in [1.54, 1.807) is 24.0 Å². The maximum Gasteiger partial charge on any atom is 0.238 e. The summed E-state index contributed by atoms with van der Waals surface area (Å²) in [6, 6.07) is 11.9. The van der Waals surface area contributed by atoms with Crippen molar-refractivity contribution in [3.05, 3.63) is 59.2 Å². The van der Waals surface area contributed by atoms with E-state index < -0.39 is 22.0 Å². The Hall–Kier alpha value is -2.71. The van der Waals surface area contributed by atoms with E-state index in [4.69, 9.17) is 5.14 Å². The van der Waals surface area contributed by atoms with Gasteiger partial charge in [0.2, 0.25) is 21.8 Å². The molecule has 2 aliphatic rings. The lowest BCUT2D eigenvalue weighted by atomic mass is 10.0. The summed E-state index contributed by atoms with van der Waals surface area (Å²) >= 11 is 0. The second kappa shape index (κ2) is 7.85. The van der Waals surface area contributed by atoms with Crippen molar-refractivity contribution in [2.75, 3.05) is 11.4 Å². The van der Waals surface area contributed by atoms with Gasteiger partial charge in [0.1, 0.15) is 0 Å². The Bertz CT molecular complexity index is 1110. The number of rotatable bonds is 5. The normalized spacial score (nSPS) is 19.6. The quantitative estimate of drug-likeness (QED) is 0.761. The van der Waals surface area contributed by atoms with E-state index >= 15 is 0 Å². The van der Waals surface area contributed by atoms with Gasteiger partial charge >= 0.3 is 0 Å². The van der Waals surface area contributed by atoms with Crippen LogP contribution in [0.1, 0.15) is 42.5 Å². The summed E-state index contributed by atoms with van der Waals surface area (Å²) in [5.74, 6) is -0.730. The maximum absolute atomic E-state index is 12.8. The zero-order valence-corrected chi connectivity index (χ0v) is 17.6. The summed E-state index contributed by atoms with van der Waals surface area (Å²) in [6.07, 6.45) is 3.42. The van der Waals surface area contributed by atoms with Crippen LogP contribution in [0.5, 0.6) is 0 Å². The first kappa shape index (κ1) is 20.6. The average molecular weight is 428 g/mol.